The molecular weight excluding hydrogens is 328 g/mol. The number of aromatic nitrogens is 2. The van der Waals surface area contributed by atoms with Crippen molar-refractivity contribution in [3.05, 3.63) is 51.8 Å². The topological polar surface area (TPSA) is 59.9 Å². The van der Waals surface area contributed by atoms with Gasteiger partial charge in [-0.1, -0.05) is 30.3 Å². The van der Waals surface area contributed by atoms with Gasteiger partial charge in [-0.25, -0.2) is 18.4 Å². The van der Waals surface area contributed by atoms with Gasteiger partial charge in [-0.15, -0.1) is 0 Å². The summed E-state index contributed by atoms with van der Waals surface area (Å²) in [6.45, 7) is 3.50. The molecule has 6 heteroatoms. The van der Waals surface area contributed by atoms with Crippen molar-refractivity contribution >= 4 is 25.8 Å². The second-order valence-corrected chi connectivity index (χ2v) is 6.91. The predicted octanol–water partition coefficient (Wildman–Crippen LogP) is 2.83. The second kappa shape index (κ2) is 5.38. The molecule has 0 radical (unpaired) electrons. The minimum absolute atomic E-state index is 0.0889. The maximum Gasteiger partial charge on any atom is 0.247 e. The maximum atomic E-state index is 12.3. The molecule has 0 spiro atoms. The fourth-order valence-corrected chi connectivity index (χ4v) is 3.16. The van der Waals surface area contributed by atoms with Crippen molar-refractivity contribution in [3.8, 4) is 0 Å². The van der Waals surface area contributed by atoms with E-state index in [9.17, 15) is 8.42 Å². The summed E-state index contributed by atoms with van der Waals surface area (Å²) in [4.78, 5) is 8.11. The van der Waals surface area contributed by atoms with Gasteiger partial charge < -0.3 is 0 Å². The highest BCUT2D eigenvalue weighted by atomic mass is 79.9. The fraction of sp³-hybridized carbons (Fsp3) is 0.231. The van der Waals surface area contributed by atoms with Crippen molar-refractivity contribution in [2.75, 3.05) is 0 Å². The first kappa shape index (κ1) is 14.1. The summed E-state index contributed by atoms with van der Waals surface area (Å²) >= 11 is 3.33. The molecule has 0 aliphatic rings. The zero-order valence-electron chi connectivity index (χ0n) is 10.6. The summed E-state index contributed by atoms with van der Waals surface area (Å²) in [5, 5.41) is -0.116. The average Bonchev–Trinajstić information content (AvgIpc) is 2.36. The molecule has 0 atom stereocenters. The molecule has 0 N–H and O–H groups in total. The second-order valence-electron chi connectivity index (χ2n) is 4.24. The monoisotopic (exact) mass is 340 g/mol. The lowest BCUT2D eigenvalue weighted by Crippen LogP contribution is -2.11. The van der Waals surface area contributed by atoms with Gasteiger partial charge in [0.2, 0.25) is 15.0 Å². The van der Waals surface area contributed by atoms with E-state index in [2.05, 4.69) is 25.9 Å². The van der Waals surface area contributed by atoms with Crippen LogP contribution in [0.25, 0.3) is 0 Å². The Hall–Kier alpha value is -1.27. The summed E-state index contributed by atoms with van der Waals surface area (Å²) in [5.74, 6) is -0.0889. The van der Waals surface area contributed by atoms with Crippen molar-refractivity contribution in [2.24, 2.45) is 0 Å². The number of benzene rings is 1. The van der Waals surface area contributed by atoms with Crippen LogP contribution in [0.5, 0.6) is 0 Å². The first-order valence-corrected chi connectivity index (χ1v) is 8.12. The third-order valence-electron chi connectivity index (χ3n) is 2.64. The highest BCUT2D eigenvalue weighted by molar-refractivity contribution is 9.10. The van der Waals surface area contributed by atoms with Gasteiger partial charge in [-0.2, -0.15) is 0 Å². The van der Waals surface area contributed by atoms with Crippen LogP contribution in [0.3, 0.4) is 0 Å². The molecule has 0 bridgehead atoms. The van der Waals surface area contributed by atoms with Gasteiger partial charge in [-0.3, -0.25) is 0 Å². The third-order valence-corrected chi connectivity index (χ3v) is 5.24. The van der Waals surface area contributed by atoms with E-state index in [-0.39, 0.29) is 10.9 Å². The summed E-state index contributed by atoms with van der Waals surface area (Å²) in [6.07, 6.45) is 0. The largest absolute Gasteiger partial charge is 0.247 e. The van der Waals surface area contributed by atoms with E-state index >= 15 is 0 Å². The van der Waals surface area contributed by atoms with E-state index < -0.39 is 9.84 Å². The van der Waals surface area contributed by atoms with E-state index in [1.165, 1.54) is 0 Å². The Balaban J connectivity index is 2.40. The van der Waals surface area contributed by atoms with Crippen molar-refractivity contribution in [1.29, 1.82) is 0 Å². The Morgan fingerprint density at radius 1 is 1.05 bits per heavy atom. The SMILES string of the molecule is Cc1nc(S(=O)(=O)Cc2ccccc2)nc(C)c1Br. The Morgan fingerprint density at radius 2 is 1.58 bits per heavy atom. The van der Waals surface area contributed by atoms with Gasteiger partial charge in [0.15, 0.2) is 0 Å². The molecule has 4 nitrogen and oxygen atoms in total. The maximum absolute atomic E-state index is 12.3. The van der Waals surface area contributed by atoms with Crippen LogP contribution in [0.15, 0.2) is 40.0 Å². The minimum Gasteiger partial charge on any atom is -0.222 e. The molecule has 2 aromatic rings. The summed E-state index contributed by atoms with van der Waals surface area (Å²) in [7, 11) is -3.52. The molecular formula is C13H13BrN2O2S. The molecule has 0 aliphatic carbocycles. The van der Waals surface area contributed by atoms with Crippen LogP contribution in [-0.4, -0.2) is 18.4 Å². The normalized spacial score (nSPS) is 11.5. The molecule has 1 aromatic heterocycles. The Morgan fingerprint density at radius 3 is 2.11 bits per heavy atom. The lowest BCUT2D eigenvalue weighted by Gasteiger charge is -2.07. The molecule has 0 aliphatic heterocycles. The summed E-state index contributed by atoms with van der Waals surface area (Å²) in [5.41, 5.74) is 1.97. The highest BCUT2D eigenvalue weighted by Crippen LogP contribution is 2.20. The van der Waals surface area contributed by atoms with Gasteiger partial charge in [0.05, 0.1) is 21.6 Å². The van der Waals surface area contributed by atoms with Gasteiger partial charge in [0.1, 0.15) is 0 Å². The zero-order chi connectivity index (χ0) is 14.0. The first-order valence-electron chi connectivity index (χ1n) is 5.67. The van der Waals surface area contributed by atoms with Gasteiger partial charge in [0, 0.05) is 0 Å². The number of hydrogen-bond acceptors (Lipinski definition) is 4. The van der Waals surface area contributed by atoms with E-state index in [0.29, 0.717) is 11.4 Å². The Bertz CT molecular complexity index is 677. The van der Waals surface area contributed by atoms with Crippen LogP contribution in [0, 0.1) is 13.8 Å². The lowest BCUT2D eigenvalue weighted by molar-refractivity contribution is 0.584. The number of nitrogens with zero attached hydrogens (tertiary/aromatic N) is 2. The van der Waals surface area contributed by atoms with Crippen molar-refractivity contribution in [1.82, 2.24) is 9.97 Å². The van der Waals surface area contributed by atoms with Gasteiger partial charge in [0.25, 0.3) is 0 Å². The molecule has 0 saturated carbocycles. The van der Waals surface area contributed by atoms with Crippen LogP contribution in [0.4, 0.5) is 0 Å². The van der Waals surface area contributed by atoms with E-state index in [4.69, 9.17) is 0 Å². The number of halogens is 1. The number of sulfone groups is 1. The average molecular weight is 341 g/mol. The number of rotatable bonds is 3. The van der Waals surface area contributed by atoms with Crippen LogP contribution < -0.4 is 0 Å². The Labute approximate surface area is 121 Å². The van der Waals surface area contributed by atoms with Crippen LogP contribution in [-0.2, 0) is 15.6 Å². The zero-order valence-corrected chi connectivity index (χ0v) is 13.0. The predicted molar refractivity (Wildman–Crippen MR) is 76.5 cm³/mol. The molecule has 1 heterocycles. The van der Waals surface area contributed by atoms with Gasteiger partial charge >= 0.3 is 0 Å². The van der Waals surface area contributed by atoms with Crippen LogP contribution in [0.1, 0.15) is 17.0 Å². The first-order chi connectivity index (χ1) is 8.90. The quantitative estimate of drug-likeness (QED) is 0.806. The van der Waals surface area contributed by atoms with E-state index in [0.717, 1.165) is 10.0 Å². The number of aryl methyl sites for hydroxylation is 2. The molecule has 0 saturated heterocycles. The molecule has 2 rings (SSSR count). The lowest BCUT2D eigenvalue weighted by atomic mass is 10.2. The van der Waals surface area contributed by atoms with Crippen molar-refractivity contribution < 1.29 is 8.42 Å². The summed E-state index contributed by atoms with van der Waals surface area (Å²) < 4.78 is 25.3. The molecule has 0 unspecified atom stereocenters. The molecule has 1 aromatic carbocycles. The highest BCUT2D eigenvalue weighted by Gasteiger charge is 2.20. The van der Waals surface area contributed by atoms with E-state index in [1.54, 1.807) is 26.0 Å². The Kier molecular flexibility index (Phi) is 4.01. The summed E-state index contributed by atoms with van der Waals surface area (Å²) in [6, 6.07) is 9.01. The number of hydrogen-bond donors (Lipinski definition) is 0. The van der Waals surface area contributed by atoms with E-state index in [1.807, 2.05) is 18.2 Å². The molecule has 0 fully saturated rings. The molecule has 100 valence electrons. The smallest absolute Gasteiger partial charge is 0.222 e. The van der Waals surface area contributed by atoms with Crippen LogP contribution >= 0.6 is 15.9 Å². The third kappa shape index (κ3) is 3.19. The minimum atomic E-state index is -3.52. The fourth-order valence-electron chi connectivity index (χ4n) is 1.67. The van der Waals surface area contributed by atoms with Gasteiger partial charge in [-0.05, 0) is 35.3 Å². The standard InChI is InChI=1S/C13H13BrN2O2S/c1-9-12(14)10(2)16-13(15-9)19(17,18)8-11-6-4-3-5-7-11/h3-7H,8H2,1-2H3. The van der Waals surface area contributed by atoms with Crippen LogP contribution in [0.2, 0.25) is 0 Å². The molecule has 19 heavy (non-hydrogen) atoms. The van der Waals surface area contributed by atoms with Crippen molar-refractivity contribution in [3.63, 3.8) is 0 Å². The molecule has 0 amide bonds. The van der Waals surface area contributed by atoms with Crippen molar-refractivity contribution in [2.45, 2.75) is 24.8 Å².